The van der Waals surface area contributed by atoms with Crippen molar-refractivity contribution in [2.24, 2.45) is 5.92 Å². The number of pyridine rings is 1. The number of amides is 2. The van der Waals surface area contributed by atoms with Gasteiger partial charge in [-0.15, -0.1) is 0 Å². The molecule has 0 bridgehead atoms. The second-order valence-electron chi connectivity index (χ2n) is 7.58. The van der Waals surface area contributed by atoms with Gasteiger partial charge in [-0.1, -0.05) is 23.8 Å². The fourth-order valence-corrected chi connectivity index (χ4v) is 3.79. The quantitative estimate of drug-likeness (QED) is 0.683. The van der Waals surface area contributed by atoms with Gasteiger partial charge in [-0.25, -0.2) is 0 Å². The molecule has 1 fully saturated rings. The SMILES string of the molecule is COCc1cc(=O)[nH]c2cc(NC(=O)C3CC(=O)N(c4ccc(C)cc4)C3)ccc12. The Kier molecular flexibility index (Phi) is 5.37. The van der Waals surface area contributed by atoms with E-state index in [1.54, 1.807) is 24.1 Å². The summed E-state index contributed by atoms with van der Waals surface area (Å²) in [4.78, 5) is 41.6. The van der Waals surface area contributed by atoms with Gasteiger partial charge in [0, 0.05) is 42.9 Å². The summed E-state index contributed by atoms with van der Waals surface area (Å²) in [6.45, 7) is 2.65. The minimum absolute atomic E-state index is 0.0638. The number of nitrogens with zero attached hydrogens (tertiary/aromatic N) is 1. The summed E-state index contributed by atoms with van der Waals surface area (Å²) in [5, 5.41) is 3.73. The fourth-order valence-electron chi connectivity index (χ4n) is 3.79. The Bertz CT molecular complexity index is 1170. The number of ether oxygens (including phenoxy) is 1. The molecule has 1 aliphatic heterocycles. The Morgan fingerprint density at radius 2 is 1.93 bits per heavy atom. The highest BCUT2D eigenvalue weighted by Crippen LogP contribution is 2.27. The first-order chi connectivity index (χ1) is 14.4. The number of rotatable bonds is 5. The Morgan fingerprint density at radius 3 is 2.67 bits per heavy atom. The number of aromatic amines is 1. The first kappa shape index (κ1) is 19.8. The van der Waals surface area contributed by atoms with E-state index in [2.05, 4.69) is 10.3 Å². The van der Waals surface area contributed by atoms with Crippen LogP contribution in [0, 0.1) is 12.8 Å². The number of aryl methyl sites for hydroxylation is 1. The summed E-state index contributed by atoms with van der Waals surface area (Å²) >= 11 is 0. The number of nitrogens with one attached hydrogen (secondary N) is 2. The topological polar surface area (TPSA) is 91.5 Å². The van der Waals surface area contributed by atoms with Crippen LogP contribution in [-0.2, 0) is 20.9 Å². The molecule has 2 N–H and O–H groups in total. The molecule has 1 unspecified atom stereocenters. The van der Waals surface area contributed by atoms with Gasteiger partial charge in [0.1, 0.15) is 0 Å². The van der Waals surface area contributed by atoms with E-state index in [9.17, 15) is 14.4 Å². The monoisotopic (exact) mass is 405 g/mol. The third kappa shape index (κ3) is 3.97. The second kappa shape index (κ2) is 8.12. The maximum atomic E-state index is 12.8. The zero-order valence-electron chi connectivity index (χ0n) is 16.9. The summed E-state index contributed by atoms with van der Waals surface area (Å²) in [5.41, 5.74) is 3.66. The van der Waals surface area contributed by atoms with E-state index < -0.39 is 5.92 Å². The largest absolute Gasteiger partial charge is 0.380 e. The van der Waals surface area contributed by atoms with Crippen molar-refractivity contribution in [1.82, 2.24) is 4.98 Å². The van der Waals surface area contributed by atoms with Gasteiger partial charge in [-0.05, 0) is 36.8 Å². The lowest BCUT2D eigenvalue weighted by Gasteiger charge is -2.17. The van der Waals surface area contributed by atoms with Gasteiger partial charge in [0.05, 0.1) is 18.0 Å². The summed E-state index contributed by atoms with van der Waals surface area (Å²) in [7, 11) is 1.57. The molecule has 2 amide bonds. The van der Waals surface area contributed by atoms with E-state index in [0.717, 1.165) is 22.2 Å². The van der Waals surface area contributed by atoms with Crippen molar-refractivity contribution < 1.29 is 14.3 Å². The minimum Gasteiger partial charge on any atom is -0.380 e. The molecular weight excluding hydrogens is 382 g/mol. The lowest BCUT2D eigenvalue weighted by atomic mass is 10.1. The zero-order valence-corrected chi connectivity index (χ0v) is 16.9. The first-order valence-electron chi connectivity index (χ1n) is 9.77. The van der Waals surface area contributed by atoms with Gasteiger partial charge in [-0.3, -0.25) is 14.4 Å². The van der Waals surface area contributed by atoms with Crippen molar-refractivity contribution in [1.29, 1.82) is 0 Å². The molecule has 3 aromatic rings. The Labute approximate surface area is 173 Å². The highest BCUT2D eigenvalue weighted by Gasteiger charge is 2.35. The highest BCUT2D eigenvalue weighted by molar-refractivity contribution is 6.04. The number of carbonyl (C=O) groups excluding carboxylic acids is 2. The summed E-state index contributed by atoms with van der Waals surface area (Å²) in [6, 6.07) is 14.5. The number of hydrogen-bond acceptors (Lipinski definition) is 4. The standard InChI is InChI=1S/C23H23N3O4/c1-14-3-6-18(7-4-14)26-12-15(10-22(26)28)23(29)24-17-5-8-19-16(13-30-2)9-21(27)25-20(19)11-17/h3-9,11,15H,10,12-13H2,1-2H3,(H,24,29)(H,25,27). The van der Waals surface area contributed by atoms with Gasteiger partial charge in [0.2, 0.25) is 17.4 Å². The number of aromatic nitrogens is 1. The van der Waals surface area contributed by atoms with E-state index >= 15 is 0 Å². The average Bonchev–Trinajstić information content (AvgIpc) is 3.10. The second-order valence-corrected chi connectivity index (χ2v) is 7.58. The third-order valence-electron chi connectivity index (χ3n) is 5.34. The van der Waals surface area contributed by atoms with Crippen LogP contribution < -0.4 is 15.8 Å². The smallest absolute Gasteiger partial charge is 0.248 e. The molecule has 0 spiro atoms. The summed E-state index contributed by atoms with van der Waals surface area (Å²) in [6.07, 6.45) is 0.169. The first-order valence-corrected chi connectivity index (χ1v) is 9.77. The van der Waals surface area contributed by atoms with E-state index in [0.29, 0.717) is 24.4 Å². The molecule has 1 aromatic heterocycles. The number of benzene rings is 2. The van der Waals surface area contributed by atoms with Crippen LogP contribution in [-0.4, -0.2) is 30.5 Å². The van der Waals surface area contributed by atoms with Crippen LogP contribution in [0.15, 0.2) is 53.3 Å². The molecule has 4 rings (SSSR count). The van der Waals surface area contributed by atoms with Crippen molar-refractivity contribution in [2.45, 2.75) is 20.0 Å². The fraction of sp³-hybridized carbons (Fsp3) is 0.261. The van der Waals surface area contributed by atoms with E-state index in [1.165, 1.54) is 6.07 Å². The van der Waals surface area contributed by atoms with Crippen molar-refractivity contribution in [3.05, 3.63) is 70.0 Å². The predicted molar refractivity (Wildman–Crippen MR) is 116 cm³/mol. The third-order valence-corrected chi connectivity index (χ3v) is 5.34. The van der Waals surface area contributed by atoms with Gasteiger partial charge < -0.3 is 19.9 Å². The van der Waals surface area contributed by atoms with Crippen LogP contribution in [0.3, 0.4) is 0 Å². The van der Waals surface area contributed by atoms with Gasteiger partial charge in [0.25, 0.3) is 0 Å². The molecule has 7 nitrogen and oxygen atoms in total. The van der Waals surface area contributed by atoms with Crippen LogP contribution in [0.2, 0.25) is 0 Å². The molecule has 1 saturated heterocycles. The number of anilines is 2. The van der Waals surface area contributed by atoms with E-state index in [1.807, 2.05) is 37.3 Å². The molecule has 0 radical (unpaired) electrons. The van der Waals surface area contributed by atoms with E-state index in [-0.39, 0.29) is 23.8 Å². The minimum atomic E-state index is -0.437. The summed E-state index contributed by atoms with van der Waals surface area (Å²) in [5.74, 6) is -0.716. The van der Waals surface area contributed by atoms with Crippen molar-refractivity contribution >= 4 is 34.1 Å². The van der Waals surface area contributed by atoms with Crippen LogP contribution in [0.4, 0.5) is 11.4 Å². The zero-order chi connectivity index (χ0) is 21.3. The maximum absolute atomic E-state index is 12.8. The van der Waals surface area contributed by atoms with Crippen LogP contribution in [0.5, 0.6) is 0 Å². The molecule has 154 valence electrons. The molecule has 2 aromatic carbocycles. The van der Waals surface area contributed by atoms with Crippen molar-refractivity contribution in [3.63, 3.8) is 0 Å². The molecule has 1 atom stereocenters. The summed E-state index contributed by atoms with van der Waals surface area (Å²) < 4.78 is 5.16. The normalized spacial score (nSPS) is 16.3. The molecule has 0 aliphatic carbocycles. The number of hydrogen-bond donors (Lipinski definition) is 2. The number of fused-ring (bicyclic) bond motifs is 1. The van der Waals surface area contributed by atoms with E-state index in [4.69, 9.17) is 4.74 Å². The molecule has 1 aliphatic rings. The Morgan fingerprint density at radius 1 is 1.17 bits per heavy atom. The lowest BCUT2D eigenvalue weighted by Crippen LogP contribution is -2.28. The van der Waals surface area contributed by atoms with Crippen molar-refractivity contribution in [2.75, 3.05) is 23.9 Å². The van der Waals surface area contributed by atoms with Gasteiger partial charge in [-0.2, -0.15) is 0 Å². The Hall–Kier alpha value is -3.45. The molecule has 0 saturated carbocycles. The van der Waals surface area contributed by atoms with Crippen LogP contribution in [0.1, 0.15) is 17.5 Å². The molecule has 7 heteroatoms. The molecular formula is C23H23N3O4. The van der Waals surface area contributed by atoms with Gasteiger partial charge in [0.15, 0.2) is 0 Å². The number of methoxy groups -OCH3 is 1. The maximum Gasteiger partial charge on any atom is 0.248 e. The Balaban J connectivity index is 1.51. The molecule has 2 heterocycles. The van der Waals surface area contributed by atoms with Crippen LogP contribution >= 0.6 is 0 Å². The van der Waals surface area contributed by atoms with Gasteiger partial charge >= 0.3 is 0 Å². The number of carbonyl (C=O) groups is 2. The lowest BCUT2D eigenvalue weighted by molar-refractivity contribution is -0.122. The van der Waals surface area contributed by atoms with Crippen LogP contribution in [0.25, 0.3) is 10.9 Å². The average molecular weight is 405 g/mol. The number of H-pyrrole nitrogens is 1. The molecule has 30 heavy (non-hydrogen) atoms. The highest BCUT2D eigenvalue weighted by atomic mass is 16.5. The van der Waals surface area contributed by atoms with Crippen molar-refractivity contribution in [3.8, 4) is 0 Å². The predicted octanol–water partition coefficient (Wildman–Crippen LogP) is 2.97.